The van der Waals surface area contributed by atoms with Gasteiger partial charge in [0.1, 0.15) is 5.94 Å². The summed E-state index contributed by atoms with van der Waals surface area (Å²) in [7, 11) is 3.77. The molecular weight excluding hydrogens is 264 g/mol. The van der Waals surface area contributed by atoms with Crippen LogP contribution in [0, 0.1) is 5.92 Å². The summed E-state index contributed by atoms with van der Waals surface area (Å²) in [5, 5.41) is 0. The first-order valence-corrected chi connectivity index (χ1v) is 9.55. The SMILES string of the molecule is CC(C)CCCSSCOCCCCOC(C)C. The van der Waals surface area contributed by atoms with Crippen LogP contribution in [0.2, 0.25) is 0 Å². The molecule has 0 aromatic rings. The Bertz CT molecular complexity index is 146. The lowest BCUT2D eigenvalue weighted by atomic mass is 10.1. The second kappa shape index (κ2) is 14.0. The molecule has 0 aromatic heterocycles. The molecule has 0 aliphatic heterocycles. The van der Waals surface area contributed by atoms with Crippen LogP contribution in [0.4, 0.5) is 0 Å². The van der Waals surface area contributed by atoms with E-state index in [-0.39, 0.29) is 0 Å². The highest BCUT2D eigenvalue weighted by molar-refractivity contribution is 8.76. The van der Waals surface area contributed by atoms with Gasteiger partial charge < -0.3 is 9.47 Å². The topological polar surface area (TPSA) is 18.5 Å². The van der Waals surface area contributed by atoms with Crippen molar-refractivity contribution in [3.8, 4) is 0 Å². The highest BCUT2D eigenvalue weighted by Gasteiger charge is 1.96. The summed E-state index contributed by atoms with van der Waals surface area (Å²) in [6.45, 7) is 10.4. The number of rotatable bonds is 13. The Kier molecular flexibility index (Phi) is 14.5. The lowest BCUT2D eigenvalue weighted by molar-refractivity contribution is 0.0702. The molecule has 0 unspecified atom stereocenters. The van der Waals surface area contributed by atoms with Gasteiger partial charge in [0.15, 0.2) is 0 Å². The maximum atomic E-state index is 5.55. The highest BCUT2D eigenvalue weighted by atomic mass is 33.1. The molecule has 0 rings (SSSR count). The van der Waals surface area contributed by atoms with Gasteiger partial charge in [0.25, 0.3) is 0 Å². The van der Waals surface area contributed by atoms with Crippen LogP contribution in [0.5, 0.6) is 0 Å². The first-order chi connectivity index (χ1) is 8.63. The summed E-state index contributed by atoms with van der Waals surface area (Å²) < 4.78 is 11.0. The minimum atomic E-state index is 0.351. The van der Waals surface area contributed by atoms with E-state index in [1.54, 1.807) is 0 Å². The number of hydrogen-bond donors (Lipinski definition) is 0. The van der Waals surface area contributed by atoms with E-state index in [1.165, 1.54) is 18.6 Å². The summed E-state index contributed by atoms with van der Waals surface area (Å²) in [5.41, 5.74) is 0. The monoisotopic (exact) mass is 294 g/mol. The van der Waals surface area contributed by atoms with Crippen molar-refractivity contribution in [3.63, 3.8) is 0 Å². The van der Waals surface area contributed by atoms with Gasteiger partial charge >= 0.3 is 0 Å². The standard InChI is InChI=1S/C14H30O2S2/c1-13(2)8-7-11-17-18-12-15-9-5-6-10-16-14(3)4/h13-14H,5-12H2,1-4H3. The van der Waals surface area contributed by atoms with Gasteiger partial charge in [0.2, 0.25) is 0 Å². The van der Waals surface area contributed by atoms with E-state index in [4.69, 9.17) is 9.47 Å². The largest absolute Gasteiger partial charge is 0.379 e. The smallest absolute Gasteiger partial charge is 0.102 e. The molecule has 0 aliphatic rings. The van der Waals surface area contributed by atoms with Crippen LogP contribution in [0.25, 0.3) is 0 Å². The predicted molar refractivity (Wildman–Crippen MR) is 85.3 cm³/mol. The Labute approximate surface area is 121 Å². The number of hydrogen-bond acceptors (Lipinski definition) is 4. The zero-order valence-corrected chi connectivity index (χ0v) is 14.1. The third-order valence-corrected chi connectivity index (χ3v) is 4.53. The van der Waals surface area contributed by atoms with Crippen molar-refractivity contribution >= 4 is 21.6 Å². The van der Waals surface area contributed by atoms with Crippen LogP contribution in [0.3, 0.4) is 0 Å². The normalized spacial score (nSPS) is 11.7. The van der Waals surface area contributed by atoms with Crippen molar-refractivity contribution in [1.82, 2.24) is 0 Å². The molecule has 0 aromatic carbocycles. The van der Waals surface area contributed by atoms with Crippen LogP contribution < -0.4 is 0 Å². The molecule has 0 N–H and O–H groups in total. The molecule has 110 valence electrons. The molecule has 0 heterocycles. The van der Waals surface area contributed by atoms with E-state index in [2.05, 4.69) is 27.7 Å². The lowest BCUT2D eigenvalue weighted by Gasteiger charge is -2.07. The zero-order valence-electron chi connectivity index (χ0n) is 12.4. The second-order valence-electron chi connectivity index (χ2n) is 5.13. The van der Waals surface area contributed by atoms with Crippen LogP contribution in [-0.2, 0) is 9.47 Å². The molecule has 0 saturated carbocycles. The third kappa shape index (κ3) is 16.6. The van der Waals surface area contributed by atoms with E-state index in [9.17, 15) is 0 Å². The highest BCUT2D eigenvalue weighted by Crippen LogP contribution is 2.23. The molecule has 0 bridgehead atoms. The minimum Gasteiger partial charge on any atom is -0.379 e. The first-order valence-electron chi connectivity index (χ1n) is 7.06. The average molecular weight is 295 g/mol. The molecule has 4 heteroatoms. The summed E-state index contributed by atoms with van der Waals surface area (Å²) in [4.78, 5) is 0. The Balaban J connectivity index is 2.95. The van der Waals surface area contributed by atoms with Crippen molar-refractivity contribution < 1.29 is 9.47 Å². The number of ether oxygens (including phenoxy) is 2. The van der Waals surface area contributed by atoms with E-state index in [1.807, 2.05) is 21.6 Å². The fraction of sp³-hybridized carbons (Fsp3) is 1.00. The summed E-state index contributed by atoms with van der Waals surface area (Å²) in [5.74, 6) is 2.89. The average Bonchev–Trinajstić information content (AvgIpc) is 2.29. The zero-order chi connectivity index (χ0) is 13.6. The first kappa shape index (κ1) is 18.6. The quantitative estimate of drug-likeness (QED) is 0.271. The van der Waals surface area contributed by atoms with E-state index in [0.717, 1.165) is 37.9 Å². The molecular formula is C14H30O2S2. The second-order valence-corrected chi connectivity index (χ2v) is 7.66. The molecule has 0 amide bonds. The molecule has 0 atom stereocenters. The van der Waals surface area contributed by atoms with E-state index in [0.29, 0.717) is 6.10 Å². The summed E-state index contributed by atoms with van der Waals surface area (Å²) in [6.07, 6.45) is 5.21. The van der Waals surface area contributed by atoms with Crippen molar-refractivity contribution in [2.45, 2.75) is 59.5 Å². The van der Waals surface area contributed by atoms with Crippen LogP contribution in [0.1, 0.15) is 53.4 Å². The van der Waals surface area contributed by atoms with Gasteiger partial charge in [-0.3, -0.25) is 0 Å². The van der Waals surface area contributed by atoms with Crippen molar-refractivity contribution in [3.05, 3.63) is 0 Å². The molecule has 0 saturated heterocycles. The summed E-state index contributed by atoms with van der Waals surface area (Å²) >= 11 is 0. The lowest BCUT2D eigenvalue weighted by Crippen LogP contribution is -2.04. The molecule has 2 nitrogen and oxygen atoms in total. The van der Waals surface area contributed by atoms with Crippen molar-refractivity contribution in [2.75, 3.05) is 24.9 Å². The van der Waals surface area contributed by atoms with Gasteiger partial charge in [-0.15, -0.1) is 0 Å². The fourth-order valence-corrected chi connectivity index (χ4v) is 3.13. The van der Waals surface area contributed by atoms with Gasteiger partial charge in [-0.25, -0.2) is 0 Å². The summed E-state index contributed by atoms with van der Waals surface area (Å²) in [6, 6.07) is 0. The van der Waals surface area contributed by atoms with Crippen LogP contribution in [0.15, 0.2) is 0 Å². The van der Waals surface area contributed by atoms with E-state index < -0.39 is 0 Å². The maximum absolute atomic E-state index is 5.55. The van der Waals surface area contributed by atoms with Gasteiger partial charge in [-0.1, -0.05) is 41.9 Å². The number of unbranched alkanes of at least 4 members (excludes halogenated alkanes) is 1. The molecule has 0 spiro atoms. The van der Waals surface area contributed by atoms with Gasteiger partial charge in [-0.2, -0.15) is 0 Å². The maximum Gasteiger partial charge on any atom is 0.102 e. The molecule has 0 aliphatic carbocycles. The van der Waals surface area contributed by atoms with Gasteiger partial charge in [0.05, 0.1) is 6.10 Å². The van der Waals surface area contributed by atoms with Crippen LogP contribution >= 0.6 is 21.6 Å². The van der Waals surface area contributed by atoms with Gasteiger partial charge in [0, 0.05) is 19.0 Å². The molecule has 0 fully saturated rings. The minimum absolute atomic E-state index is 0.351. The molecule has 18 heavy (non-hydrogen) atoms. The van der Waals surface area contributed by atoms with Crippen LogP contribution in [-0.4, -0.2) is 31.0 Å². The Hall–Kier alpha value is 0.620. The Morgan fingerprint density at radius 1 is 0.889 bits per heavy atom. The fourth-order valence-electron chi connectivity index (χ4n) is 1.36. The van der Waals surface area contributed by atoms with Crippen molar-refractivity contribution in [1.29, 1.82) is 0 Å². The third-order valence-electron chi connectivity index (χ3n) is 2.36. The van der Waals surface area contributed by atoms with E-state index >= 15 is 0 Å². The predicted octanol–water partition coefficient (Wildman–Crippen LogP) is 4.98. The van der Waals surface area contributed by atoms with Gasteiger partial charge in [-0.05, 0) is 39.0 Å². The van der Waals surface area contributed by atoms with Crippen molar-refractivity contribution in [2.24, 2.45) is 5.92 Å². The Morgan fingerprint density at radius 2 is 1.61 bits per heavy atom. The molecule has 0 radical (unpaired) electrons. The Morgan fingerprint density at radius 3 is 2.28 bits per heavy atom.